The van der Waals surface area contributed by atoms with Crippen LogP contribution in [0.5, 0.6) is 0 Å². The lowest BCUT2D eigenvalue weighted by Crippen LogP contribution is -2.12. The molecule has 0 aliphatic heterocycles. The van der Waals surface area contributed by atoms with Crippen LogP contribution in [-0.4, -0.2) is 10.5 Å². The number of amides is 1. The third kappa shape index (κ3) is 2.78. The van der Waals surface area contributed by atoms with E-state index >= 15 is 0 Å². The van der Waals surface area contributed by atoms with Gasteiger partial charge >= 0.3 is 0 Å². The molecule has 1 atom stereocenters. The minimum atomic E-state index is -0.0897. The van der Waals surface area contributed by atoms with Gasteiger partial charge in [0.25, 0.3) is 5.91 Å². The Morgan fingerprint density at radius 1 is 1.20 bits per heavy atom. The average Bonchev–Trinajstić information content (AvgIpc) is 2.88. The van der Waals surface area contributed by atoms with Crippen molar-refractivity contribution in [1.29, 1.82) is 0 Å². The average molecular weight is 333 g/mol. The standard InChI is InChI=1S/C21H23N3O/c1-13-3-9-19-17(11-13)18-12-14(4-10-20(18)24(19)2)21(25)23-16-7-5-15(22)6-8-16/h4-8,10,12-13H,3,9,11,22H2,1-2H3,(H,23,25). The van der Waals surface area contributed by atoms with E-state index in [2.05, 4.69) is 29.9 Å². The van der Waals surface area contributed by atoms with Crippen LogP contribution in [0.25, 0.3) is 10.9 Å². The largest absolute Gasteiger partial charge is 0.399 e. The summed E-state index contributed by atoms with van der Waals surface area (Å²) in [6.45, 7) is 2.30. The number of hydrogen-bond acceptors (Lipinski definition) is 2. The molecule has 25 heavy (non-hydrogen) atoms. The zero-order chi connectivity index (χ0) is 17.6. The topological polar surface area (TPSA) is 60.1 Å². The molecule has 0 saturated heterocycles. The number of anilines is 2. The van der Waals surface area contributed by atoms with Crippen molar-refractivity contribution in [2.24, 2.45) is 13.0 Å². The van der Waals surface area contributed by atoms with Crippen LogP contribution in [0.2, 0.25) is 0 Å². The molecule has 1 unspecified atom stereocenters. The van der Waals surface area contributed by atoms with Crippen molar-refractivity contribution >= 4 is 28.2 Å². The number of nitrogens with zero attached hydrogens (tertiary/aromatic N) is 1. The molecule has 4 heteroatoms. The molecule has 3 aromatic rings. The zero-order valence-corrected chi connectivity index (χ0v) is 14.7. The summed E-state index contributed by atoms with van der Waals surface area (Å²) in [6, 6.07) is 13.2. The highest BCUT2D eigenvalue weighted by molar-refractivity contribution is 6.06. The third-order valence-corrected chi connectivity index (χ3v) is 5.29. The highest BCUT2D eigenvalue weighted by Gasteiger charge is 2.22. The van der Waals surface area contributed by atoms with E-state index in [1.54, 1.807) is 12.1 Å². The van der Waals surface area contributed by atoms with Gasteiger partial charge in [0, 0.05) is 40.6 Å². The maximum atomic E-state index is 12.6. The molecule has 0 fully saturated rings. The number of aryl methyl sites for hydroxylation is 1. The van der Waals surface area contributed by atoms with Crippen LogP contribution in [0.15, 0.2) is 42.5 Å². The number of nitrogen functional groups attached to an aromatic ring is 1. The number of rotatable bonds is 2. The number of nitrogens with one attached hydrogen (secondary N) is 1. The molecule has 0 radical (unpaired) electrons. The molecular formula is C21H23N3O. The van der Waals surface area contributed by atoms with Gasteiger partial charge in [0.2, 0.25) is 0 Å². The summed E-state index contributed by atoms with van der Waals surface area (Å²) in [5.41, 5.74) is 11.9. The molecule has 0 saturated carbocycles. The SMILES string of the molecule is CC1CCc2c(c3cc(C(=O)Nc4ccc(N)cc4)ccc3n2C)C1. The van der Waals surface area contributed by atoms with E-state index in [9.17, 15) is 4.79 Å². The van der Waals surface area contributed by atoms with Crippen LogP contribution >= 0.6 is 0 Å². The molecule has 1 heterocycles. The second kappa shape index (κ2) is 5.96. The van der Waals surface area contributed by atoms with Crippen molar-refractivity contribution in [3.8, 4) is 0 Å². The Labute approximate surface area is 147 Å². The van der Waals surface area contributed by atoms with Crippen LogP contribution in [-0.2, 0) is 19.9 Å². The second-order valence-corrected chi connectivity index (χ2v) is 7.14. The zero-order valence-electron chi connectivity index (χ0n) is 14.7. The summed E-state index contributed by atoms with van der Waals surface area (Å²) < 4.78 is 2.29. The highest BCUT2D eigenvalue weighted by Crippen LogP contribution is 2.34. The van der Waals surface area contributed by atoms with Gasteiger partial charge in [-0.25, -0.2) is 0 Å². The molecular weight excluding hydrogens is 310 g/mol. The van der Waals surface area contributed by atoms with Crippen LogP contribution in [0.3, 0.4) is 0 Å². The Kier molecular flexibility index (Phi) is 3.75. The molecule has 128 valence electrons. The molecule has 1 aromatic heterocycles. The first kappa shape index (κ1) is 15.8. The minimum absolute atomic E-state index is 0.0897. The van der Waals surface area contributed by atoms with Crippen molar-refractivity contribution in [3.05, 3.63) is 59.3 Å². The summed E-state index contributed by atoms with van der Waals surface area (Å²) >= 11 is 0. The predicted octanol–water partition coefficient (Wildman–Crippen LogP) is 4.14. The van der Waals surface area contributed by atoms with Crippen molar-refractivity contribution in [3.63, 3.8) is 0 Å². The van der Waals surface area contributed by atoms with E-state index in [0.717, 1.165) is 18.5 Å². The van der Waals surface area contributed by atoms with Crippen LogP contribution < -0.4 is 11.1 Å². The normalized spacial score (nSPS) is 16.6. The number of hydrogen-bond donors (Lipinski definition) is 2. The van der Waals surface area contributed by atoms with Gasteiger partial charge in [-0.1, -0.05) is 6.92 Å². The lowest BCUT2D eigenvalue weighted by Gasteiger charge is -2.19. The fourth-order valence-electron chi connectivity index (χ4n) is 3.86. The van der Waals surface area contributed by atoms with Crippen molar-refractivity contribution in [2.45, 2.75) is 26.2 Å². The van der Waals surface area contributed by atoms with Gasteiger partial charge in [0.15, 0.2) is 0 Å². The number of fused-ring (bicyclic) bond motifs is 3. The Hall–Kier alpha value is -2.75. The van der Waals surface area contributed by atoms with Gasteiger partial charge < -0.3 is 15.6 Å². The molecule has 2 aromatic carbocycles. The first-order valence-corrected chi connectivity index (χ1v) is 8.80. The number of nitrogens with two attached hydrogens (primary N) is 1. The fourth-order valence-corrected chi connectivity index (χ4v) is 3.86. The van der Waals surface area contributed by atoms with Gasteiger partial charge in [0.05, 0.1) is 0 Å². The van der Waals surface area contributed by atoms with Gasteiger partial charge in [-0.3, -0.25) is 4.79 Å². The van der Waals surface area contributed by atoms with E-state index in [0.29, 0.717) is 17.2 Å². The first-order chi connectivity index (χ1) is 12.0. The Bertz CT molecular complexity index is 953. The molecule has 1 aliphatic rings. The number of carbonyl (C=O) groups is 1. The number of aromatic nitrogens is 1. The predicted molar refractivity (Wildman–Crippen MR) is 103 cm³/mol. The van der Waals surface area contributed by atoms with Crippen LogP contribution in [0.4, 0.5) is 11.4 Å². The lowest BCUT2D eigenvalue weighted by molar-refractivity contribution is 0.102. The Balaban J connectivity index is 1.70. The number of carbonyl (C=O) groups excluding carboxylic acids is 1. The van der Waals surface area contributed by atoms with Gasteiger partial charge in [0.1, 0.15) is 0 Å². The summed E-state index contributed by atoms with van der Waals surface area (Å²) in [7, 11) is 2.13. The van der Waals surface area contributed by atoms with E-state index in [1.165, 1.54) is 28.6 Å². The molecule has 0 spiro atoms. The Morgan fingerprint density at radius 3 is 2.72 bits per heavy atom. The van der Waals surface area contributed by atoms with E-state index < -0.39 is 0 Å². The monoisotopic (exact) mass is 333 g/mol. The van der Waals surface area contributed by atoms with Gasteiger partial charge in [-0.15, -0.1) is 0 Å². The van der Waals surface area contributed by atoms with Gasteiger partial charge in [-0.2, -0.15) is 0 Å². The summed E-state index contributed by atoms with van der Waals surface area (Å²) in [5.74, 6) is 0.610. The summed E-state index contributed by atoms with van der Waals surface area (Å²) in [5, 5.41) is 4.16. The van der Waals surface area contributed by atoms with Crippen LogP contribution in [0.1, 0.15) is 35.0 Å². The lowest BCUT2D eigenvalue weighted by atomic mass is 9.87. The Morgan fingerprint density at radius 2 is 1.96 bits per heavy atom. The van der Waals surface area contributed by atoms with Gasteiger partial charge in [-0.05, 0) is 73.2 Å². The van der Waals surface area contributed by atoms with Crippen molar-refractivity contribution in [1.82, 2.24) is 4.57 Å². The van der Waals surface area contributed by atoms with Crippen molar-refractivity contribution in [2.75, 3.05) is 11.1 Å². The third-order valence-electron chi connectivity index (χ3n) is 5.29. The summed E-state index contributed by atoms with van der Waals surface area (Å²) in [4.78, 5) is 12.6. The van der Waals surface area contributed by atoms with Crippen molar-refractivity contribution < 1.29 is 4.79 Å². The molecule has 4 nitrogen and oxygen atoms in total. The molecule has 0 bridgehead atoms. The van der Waals surface area contributed by atoms with E-state index in [1.807, 2.05) is 24.3 Å². The van der Waals surface area contributed by atoms with E-state index in [-0.39, 0.29) is 5.91 Å². The second-order valence-electron chi connectivity index (χ2n) is 7.14. The maximum Gasteiger partial charge on any atom is 0.255 e. The number of benzene rings is 2. The smallest absolute Gasteiger partial charge is 0.255 e. The van der Waals surface area contributed by atoms with E-state index in [4.69, 9.17) is 5.73 Å². The fraction of sp³-hybridized carbons (Fsp3) is 0.286. The molecule has 4 rings (SSSR count). The molecule has 1 amide bonds. The molecule has 3 N–H and O–H groups in total. The first-order valence-electron chi connectivity index (χ1n) is 8.80. The van der Waals surface area contributed by atoms with Crippen LogP contribution in [0, 0.1) is 5.92 Å². The highest BCUT2D eigenvalue weighted by atomic mass is 16.1. The summed E-state index contributed by atoms with van der Waals surface area (Å²) in [6.07, 6.45) is 3.45. The minimum Gasteiger partial charge on any atom is -0.399 e. The quantitative estimate of drug-likeness (QED) is 0.693. The molecule has 1 aliphatic carbocycles. The maximum absolute atomic E-state index is 12.6.